The fourth-order valence-electron chi connectivity index (χ4n) is 2.63. The highest BCUT2D eigenvalue weighted by molar-refractivity contribution is 5.83. The summed E-state index contributed by atoms with van der Waals surface area (Å²) in [5, 5.41) is 19.9. The molecule has 4 nitrogen and oxygen atoms in total. The minimum absolute atomic E-state index is 0.133. The van der Waals surface area contributed by atoms with Gasteiger partial charge in [-0.25, -0.2) is 4.98 Å². The monoisotopic (exact) mass is 282 g/mol. The Hall–Kier alpha value is -2.49. The molecule has 3 aromatic rings. The number of nitrogens with zero attached hydrogens (tertiary/aromatic N) is 2. The zero-order chi connectivity index (χ0) is 15.1. The average Bonchev–Trinajstić information content (AvgIpc) is 2.80. The molecule has 0 aliphatic heterocycles. The summed E-state index contributed by atoms with van der Waals surface area (Å²) >= 11 is 0. The van der Waals surface area contributed by atoms with Crippen molar-refractivity contribution in [2.75, 3.05) is 0 Å². The maximum absolute atomic E-state index is 10.1. The lowest BCUT2D eigenvalue weighted by Crippen LogP contribution is -2.03. The van der Waals surface area contributed by atoms with Crippen LogP contribution in [0.4, 0.5) is 0 Å². The quantitative estimate of drug-likeness (QED) is 0.698. The first-order valence-electron chi connectivity index (χ1n) is 6.99. The van der Waals surface area contributed by atoms with Crippen LogP contribution in [-0.4, -0.2) is 19.8 Å². The molecule has 0 radical (unpaired) electrons. The molecule has 1 heterocycles. The molecule has 108 valence electrons. The Kier molecular flexibility index (Phi) is 3.09. The van der Waals surface area contributed by atoms with E-state index in [0.717, 1.165) is 16.6 Å². The fourth-order valence-corrected chi connectivity index (χ4v) is 2.63. The highest BCUT2D eigenvalue weighted by Crippen LogP contribution is 2.38. The van der Waals surface area contributed by atoms with Gasteiger partial charge in [-0.3, -0.25) is 0 Å². The Balaban J connectivity index is 2.36. The van der Waals surface area contributed by atoms with Crippen LogP contribution in [0.2, 0.25) is 0 Å². The standard InChI is InChI=1S/C17H18N2O2/c1-10(2)19-14-8-7-11(3)9-13(14)18-17(19)12-5-4-6-15(20)16(12)21/h4-10,20-21H,1-3H3. The number of aromatic nitrogens is 2. The topological polar surface area (TPSA) is 58.3 Å². The van der Waals surface area contributed by atoms with Crippen LogP contribution in [0.25, 0.3) is 22.4 Å². The van der Waals surface area contributed by atoms with E-state index < -0.39 is 0 Å². The molecule has 2 aromatic carbocycles. The van der Waals surface area contributed by atoms with Crippen LogP contribution < -0.4 is 0 Å². The van der Waals surface area contributed by atoms with Crippen molar-refractivity contribution in [2.45, 2.75) is 26.8 Å². The number of rotatable bonds is 2. The molecule has 0 amide bonds. The van der Waals surface area contributed by atoms with Crippen molar-refractivity contribution >= 4 is 11.0 Å². The van der Waals surface area contributed by atoms with Crippen molar-refractivity contribution in [3.05, 3.63) is 42.0 Å². The average molecular weight is 282 g/mol. The van der Waals surface area contributed by atoms with Crippen LogP contribution in [0.3, 0.4) is 0 Å². The summed E-state index contributed by atoms with van der Waals surface area (Å²) in [7, 11) is 0. The van der Waals surface area contributed by atoms with E-state index in [0.29, 0.717) is 11.4 Å². The predicted molar refractivity (Wildman–Crippen MR) is 83.6 cm³/mol. The van der Waals surface area contributed by atoms with Gasteiger partial charge in [-0.2, -0.15) is 0 Å². The summed E-state index contributed by atoms with van der Waals surface area (Å²) in [5.74, 6) is 0.400. The second-order valence-corrected chi connectivity index (χ2v) is 5.56. The molecule has 0 saturated carbocycles. The summed E-state index contributed by atoms with van der Waals surface area (Å²) in [6.45, 7) is 6.17. The van der Waals surface area contributed by atoms with Gasteiger partial charge in [0.2, 0.25) is 0 Å². The number of benzene rings is 2. The Labute approximate surface area is 123 Å². The van der Waals surface area contributed by atoms with E-state index in [-0.39, 0.29) is 17.5 Å². The maximum atomic E-state index is 10.1. The molecule has 0 fully saturated rings. The zero-order valence-corrected chi connectivity index (χ0v) is 12.3. The number of imidazole rings is 1. The summed E-state index contributed by atoms with van der Waals surface area (Å²) in [6.07, 6.45) is 0. The van der Waals surface area contributed by atoms with Gasteiger partial charge in [-0.15, -0.1) is 0 Å². The molecule has 0 bridgehead atoms. The van der Waals surface area contributed by atoms with Gasteiger partial charge < -0.3 is 14.8 Å². The van der Waals surface area contributed by atoms with Gasteiger partial charge in [0.25, 0.3) is 0 Å². The number of phenolic OH excluding ortho intramolecular Hbond substituents is 2. The number of phenols is 2. The molecular formula is C17H18N2O2. The molecule has 0 spiro atoms. The number of hydrogen-bond donors (Lipinski definition) is 2. The first-order valence-corrected chi connectivity index (χ1v) is 6.99. The third kappa shape index (κ3) is 2.13. The van der Waals surface area contributed by atoms with Crippen molar-refractivity contribution < 1.29 is 10.2 Å². The minimum Gasteiger partial charge on any atom is -0.504 e. The number of hydrogen-bond acceptors (Lipinski definition) is 3. The highest BCUT2D eigenvalue weighted by Gasteiger charge is 2.18. The van der Waals surface area contributed by atoms with Gasteiger partial charge in [0.1, 0.15) is 5.82 Å². The Morgan fingerprint density at radius 1 is 1.10 bits per heavy atom. The van der Waals surface area contributed by atoms with Crippen LogP contribution in [-0.2, 0) is 0 Å². The van der Waals surface area contributed by atoms with Gasteiger partial charge in [0.05, 0.1) is 16.6 Å². The zero-order valence-electron chi connectivity index (χ0n) is 12.3. The van der Waals surface area contributed by atoms with E-state index in [2.05, 4.69) is 29.5 Å². The predicted octanol–water partition coefficient (Wildman–Crippen LogP) is 4.00. The van der Waals surface area contributed by atoms with Crippen LogP contribution in [0.5, 0.6) is 11.5 Å². The molecule has 0 atom stereocenters. The van der Waals surface area contributed by atoms with Gasteiger partial charge in [0.15, 0.2) is 11.5 Å². The molecule has 3 rings (SSSR count). The summed E-state index contributed by atoms with van der Waals surface area (Å²) in [5.41, 5.74) is 3.59. The Morgan fingerprint density at radius 3 is 2.57 bits per heavy atom. The number of fused-ring (bicyclic) bond motifs is 1. The number of aryl methyl sites for hydroxylation is 1. The summed E-state index contributed by atoms with van der Waals surface area (Å²) < 4.78 is 2.07. The third-order valence-electron chi connectivity index (χ3n) is 3.62. The number of aromatic hydroxyl groups is 2. The van der Waals surface area contributed by atoms with E-state index in [1.807, 2.05) is 19.1 Å². The minimum atomic E-state index is -0.133. The summed E-state index contributed by atoms with van der Waals surface area (Å²) in [4.78, 5) is 4.66. The fraction of sp³-hybridized carbons (Fsp3) is 0.235. The molecule has 2 N–H and O–H groups in total. The van der Waals surface area contributed by atoms with Crippen molar-refractivity contribution in [3.8, 4) is 22.9 Å². The van der Waals surface area contributed by atoms with Crippen LogP contribution in [0.15, 0.2) is 36.4 Å². The van der Waals surface area contributed by atoms with E-state index in [1.165, 1.54) is 6.07 Å². The normalized spacial score (nSPS) is 11.4. The third-order valence-corrected chi connectivity index (χ3v) is 3.62. The van der Waals surface area contributed by atoms with E-state index in [4.69, 9.17) is 0 Å². The molecule has 0 unspecified atom stereocenters. The maximum Gasteiger partial charge on any atom is 0.168 e. The van der Waals surface area contributed by atoms with Crippen LogP contribution in [0, 0.1) is 6.92 Å². The Bertz CT molecular complexity index is 819. The molecular weight excluding hydrogens is 264 g/mol. The second kappa shape index (κ2) is 4.81. The van der Waals surface area contributed by atoms with Crippen LogP contribution in [0.1, 0.15) is 25.5 Å². The summed E-state index contributed by atoms with van der Waals surface area (Å²) in [6, 6.07) is 11.2. The van der Waals surface area contributed by atoms with Gasteiger partial charge >= 0.3 is 0 Å². The second-order valence-electron chi connectivity index (χ2n) is 5.56. The highest BCUT2D eigenvalue weighted by atomic mass is 16.3. The van der Waals surface area contributed by atoms with E-state index in [9.17, 15) is 10.2 Å². The van der Waals surface area contributed by atoms with Crippen molar-refractivity contribution in [3.63, 3.8) is 0 Å². The lowest BCUT2D eigenvalue weighted by Gasteiger charge is -2.14. The van der Waals surface area contributed by atoms with E-state index >= 15 is 0 Å². The number of para-hydroxylation sites is 1. The lowest BCUT2D eigenvalue weighted by molar-refractivity contribution is 0.404. The van der Waals surface area contributed by atoms with Crippen molar-refractivity contribution in [1.82, 2.24) is 9.55 Å². The molecule has 0 aliphatic carbocycles. The lowest BCUT2D eigenvalue weighted by atomic mass is 10.1. The Morgan fingerprint density at radius 2 is 1.86 bits per heavy atom. The van der Waals surface area contributed by atoms with Gasteiger partial charge in [-0.1, -0.05) is 12.1 Å². The molecule has 21 heavy (non-hydrogen) atoms. The van der Waals surface area contributed by atoms with Gasteiger partial charge in [0, 0.05) is 6.04 Å². The largest absolute Gasteiger partial charge is 0.504 e. The van der Waals surface area contributed by atoms with Gasteiger partial charge in [-0.05, 0) is 50.6 Å². The van der Waals surface area contributed by atoms with Crippen LogP contribution >= 0.6 is 0 Å². The molecule has 0 aliphatic rings. The molecule has 4 heteroatoms. The van der Waals surface area contributed by atoms with Crippen molar-refractivity contribution in [2.24, 2.45) is 0 Å². The van der Waals surface area contributed by atoms with E-state index in [1.54, 1.807) is 12.1 Å². The van der Waals surface area contributed by atoms with Crippen molar-refractivity contribution in [1.29, 1.82) is 0 Å². The molecule has 0 saturated heterocycles. The first-order chi connectivity index (χ1) is 9.99. The molecule has 1 aromatic heterocycles. The smallest absolute Gasteiger partial charge is 0.168 e. The SMILES string of the molecule is Cc1ccc2c(c1)nc(-c1cccc(O)c1O)n2C(C)C. The first kappa shape index (κ1) is 13.5.